The molecule has 0 bridgehead atoms. The molecule has 1 aromatic carbocycles. The molecule has 2 heterocycles. The molecule has 134 valence electrons. The van der Waals surface area contributed by atoms with E-state index in [0.29, 0.717) is 17.1 Å². The lowest BCUT2D eigenvalue weighted by molar-refractivity contribution is 0.231. The maximum absolute atomic E-state index is 12.3. The number of hydrogen-bond donors (Lipinski definition) is 2. The minimum Gasteiger partial charge on any atom is -0.497 e. The molecular formula is C18H16N2O6. The molecule has 26 heavy (non-hydrogen) atoms. The predicted octanol–water partition coefficient (Wildman–Crippen LogP) is 1.37. The molecule has 1 aliphatic heterocycles. The number of aliphatic hydroxyl groups excluding tert-OH is 1. The summed E-state index contributed by atoms with van der Waals surface area (Å²) in [4.78, 5) is 12.3. The Morgan fingerprint density at radius 1 is 1.31 bits per heavy atom. The second-order valence-corrected chi connectivity index (χ2v) is 5.46. The minimum atomic E-state index is -0.854. The first-order valence-electron chi connectivity index (χ1n) is 7.61. The number of rotatable bonds is 4. The topological polar surface area (TPSA) is 128 Å². The summed E-state index contributed by atoms with van der Waals surface area (Å²) in [6, 6.07) is 8.14. The molecule has 8 nitrogen and oxygen atoms in total. The van der Waals surface area contributed by atoms with Gasteiger partial charge < -0.3 is 29.5 Å². The molecule has 0 amide bonds. The van der Waals surface area contributed by atoms with Crippen LogP contribution in [0.2, 0.25) is 0 Å². The summed E-state index contributed by atoms with van der Waals surface area (Å²) in [7, 11) is 2.98. The zero-order valence-electron chi connectivity index (χ0n) is 14.1. The number of benzene rings is 1. The van der Waals surface area contributed by atoms with Crippen molar-refractivity contribution in [2.75, 3.05) is 14.2 Å². The van der Waals surface area contributed by atoms with E-state index < -0.39 is 18.0 Å². The van der Waals surface area contributed by atoms with E-state index in [1.165, 1.54) is 14.2 Å². The van der Waals surface area contributed by atoms with E-state index in [9.17, 15) is 15.2 Å². The van der Waals surface area contributed by atoms with E-state index in [-0.39, 0.29) is 28.7 Å². The number of aliphatic hydroxyl groups is 1. The monoisotopic (exact) mass is 356 g/mol. The molecule has 3 rings (SSSR count). The molecule has 0 unspecified atom stereocenters. The Morgan fingerprint density at radius 3 is 2.69 bits per heavy atom. The molecule has 0 aliphatic carbocycles. The lowest BCUT2D eigenvalue weighted by atomic mass is 9.86. The maximum Gasteiger partial charge on any atom is 0.228 e. The third kappa shape index (κ3) is 2.74. The van der Waals surface area contributed by atoms with Gasteiger partial charge in [-0.1, -0.05) is 0 Å². The van der Waals surface area contributed by atoms with Crippen LogP contribution in [0.25, 0.3) is 0 Å². The van der Waals surface area contributed by atoms with Crippen molar-refractivity contribution >= 4 is 0 Å². The molecule has 0 fully saturated rings. The molecule has 1 aromatic heterocycles. The fraction of sp³-hybridized carbons (Fsp3) is 0.222. The number of allylic oxidation sites excluding steroid dienone is 1. The van der Waals surface area contributed by atoms with E-state index in [1.807, 2.05) is 6.07 Å². The van der Waals surface area contributed by atoms with Crippen LogP contribution in [0.3, 0.4) is 0 Å². The van der Waals surface area contributed by atoms with Gasteiger partial charge in [-0.15, -0.1) is 0 Å². The molecule has 8 heteroatoms. The zero-order valence-corrected chi connectivity index (χ0v) is 14.1. The molecule has 2 aromatic rings. The highest BCUT2D eigenvalue weighted by molar-refractivity contribution is 5.56. The number of ether oxygens (including phenoxy) is 3. The summed E-state index contributed by atoms with van der Waals surface area (Å²) in [5.41, 5.74) is 5.92. The Bertz CT molecular complexity index is 986. The third-order valence-corrected chi connectivity index (χ3v) is 4.03. The van der Waals surface area contributed by atoms with Gasteiger partial charge in [0.05, 0.1) is 20.1 Å². The van der Waals surface area contributed by atoms with Crippen LogP contribution in [0.4, 0.5) is 0 Å². The fourth-order valence-electron chi connectivity index (χ4n) is 2.84. The first-order valence-corrected chi connectivity index (χ1v) is 7.61. The summed E-state index contributed by atoms with van der Waals surface area (Å²) < 4.78 is 21.6. The van der Waals surface area contributed by atoms with Crippen molar-refractivity contribution in [3.8, 4) is 23.3 Å². The Labute approximate surface area is 148 Å². The number of methoxy groups -OCH3 is 2. The second kappa shape index (κ2) is 6.82. The Kier molecular flexibility index (Phi) is 4.56. The molecule has 1 aliphatic rings. The Hall–Kier alpha value is -3.44. The number of hydrogen-bond acceptors (Lipinski definition) is 8. The highest BCUT2D eigenvalue weighted by Gasteiger charge is 2.37. The van der Waals surface area contributed by atoms with Crippen LogP contribution < -0.4 is 25.4 Å². The molecule has 0 saturated carbocycles. The van der Waals surface area contributed by atoms with Gasteiger partial charge in [-0.3, -0.25) is 4.79 Å². The van der Waals surface area contributed by atoms with Crippen LogP contribution in [0.5, 0.6) is 17.2 Å². The van der Waals surface area contributed by atoms with Crippen LogP contribution >= 0.6 is 0 Å². The lowest BCUT2D eigenvalue weighted by Gasteiger charge is -2.26. The largest absolute Gasteiger partial charge is 0.497 e. The summed E-state index contributed by atoms with van der Waals surface area (Å²) in [5.74, 6) is -0.104. The first kappa shape index (κ1) is 17.4. The van der Waals surface area contributed by atoms with Crippen LogP contribution in [0, 0.1) is 11.3 Å². The average Bonchev–Trinajstić information content (AvgIpc) is 2.66. The van der Waals surface area contributed by atoms with E-state index in [2.05, 4.69) is 0 Å². The quantitative estimate of drug-likeness (QED) is 0.840. The second-order valence-electron chi connectivity index (χ2n) is 5.46. The summed E-state index contributed by atoms with van der Waals surface area (Å²) >= 11 is 0. The number of nitrogens with two attached hydrogens (primary N) is 1. The summed E-state index contributed by atoms with van der Waals surface area (Å²) in [5, 5.41) is 19.0. The molecule has 0 spiro atoms. The highest BCUT2D eigenvalue weighted by Crippen LogP contribution is 2.44. The first-order chi connectivity index (χ1) is 12.5. The van der Waals surface area contributed by atoms with Crippen LogP contribution in [0.1, 0.15) is 23.0 Å². The van der Waals surface area contributed by atoms with Gasteiger partial charge in [0.1, 0.15) is 35.5 Å². The van der Waals surface area contributed by atoms with Gasteiger partial charge in [0, 0.05) is 11.6 Å². The Morgan fingerprint density at radius 2 is 2.08 bits per heavy atom. The normalized spacial score (nSPS) is 15.7. The number of nitrogens with zero attached hydrogens (tertiary/aromatic N) is 1. The van der Waals surface area contributed by atoms with Crippen LogP contribution in [-0.4, -0.2) is 19.3 Å². The molecule has 1 atom stereocenters. The van der Waals surface area contributed by atoms with Crippen molar-refractivity contribution in [1.29, 1.82) is 5.26 Å². The van der Waals surface area contributed by atoms with Gasteiger partial charge in [0.2, 0.25) is 17.1 Å². The smallest absolute Gasteiger partial charge is 0.228 e. The SMILES string of the molecule is COc1ccc(OC)c([C@H]2C(C#N)=C(N)Oc3c2oc(CO)cc3=O)c1. The van der Waals surface area contributed by atoms with Crippen molar-refractivity contribution in [1.82, 2.24) is 0 Å². The van der Waals surface area contributed by atoms with Crippen molar-refractivity contribution < 1.29 is 23.7 Å². The van der Waals surface area contributed by atoms with Gasteiger partial charge >= 0.3 is 0 Å². The van der Waals surface area contributed by atoms with Crippen LogP contribution in [0.15, 0.2) is 44.9 Å². The molecule has 0 saturated heterocycles. The number of fused-ring (bicyclic) bond motifs is 1. The van der Waals surface area contributed by atoms with Gasteiger partial charge in [0.25, 0.3) is 0 Å². The van der Waals surface area contributed by atoms with Crippen LogP contribution in [-0.2, 0) is 6.61 Å². The zero-order chi connectivity index (χ0) is 18.8. The van der Waals surface area contributed by atoms with E-state index >= 15 is 0 Å². The molecule has 0 radical (unpaired) electrons. The van der Waals surface area contributed by atoms with E-state index in [0.717, 1.165) is 6.07 Å². The summed E-state index contributed by atoms with van der Waals surface area (Å²) in [6.07, 6.45) is 0. The maximum atomic E-state index is 12.3. The van der Waals surface area contributed by atoms with Crippen molar-refractivity contribution in [3.63, 3.8) is 0 Å². The van der Waals surface area contributed by atoms with Gasteiger partial charge in [0.15, 0.2) is 5.76 Å². The number of nitriles is 1. The average molecular weight is 356 g/mol. The van der Waals surface area contributed by atoms with Gasteiger partial charge in [-0.25, -0.2) is 0 Å². The van der Waals surface area contributed by atoms with Gasteiger partial charge in [-0.2, -0.15) is 5.26 Å². The molecular weight excluding hydrogens is 340 g/mol. The summed E-state index contributed by atoms with van der Waals surface area (Å²) in [6.45, 7) is -0.481. The Balaban J connectivity index is 2.35. The van der Waals surface area contributed by atoms with Gasteiger partial charge in [-0.05, 0) is 18.2 Å². The van der Waals surface area contributed by atoms with Crippen molar-refractivity contribution in [3.05, 3.63) is 63.0 Å². The standard InChI is InChI=1S/C18H16N2O6/c1-23-9-3-4-14(24-2)11(5-9)15-12(7-19)18(20)26-16-13(22)6-10(8-21)25-17(15)16/h3-6,15,21H,8,20H2,1-2H3/t15-/m0/s1. The van der Waals surface area contributed by atoms with Crippen molar-refractivity contribution in [2.45, 2.75) is 12.5 Å². The minimum absolute atomic E-state index is 0.0435. The fourth-order valence-corrected chi connectivity index (χ4v) is 2.84. The highest BCUT2D eigenvalue weighted by atomic mass is 16.5. The third-order valence-electron chi connectivity index (χ3n) is 4.03. The predicted molar refractivity (Wildman–Crippen MR) is 89.7 cm³/mol. The lowest BCUT2D eigenvalue weighted by Crippen LogP contribution is -2.25. The van der Waals surface area contributed by atoms with E-state index in [1.54, 1.807) is 18.2 Å². The van der Waals surface area contributed by atoms with Crippen molar-refractivity contribution in [2.24, 2.45) is 5.73 Å². The molecule has 3 N–H and O–H groups in total. The van der Waals surface area contributed by atoms with E-state index in [4.69, 9.17) is 24.4 Å².